The second-order valence-corrected chi connectivity index (χ2v) is 5.06. The fourth-order valence-corrected chi connectivity index (χ4v) is 2.11. The first-order valence-corrected chi connectivity index (χ1v) is 7.12. The summed E-state index contributed by atoms with van der Waals surface area (Å²) in [6.45, 7) is 3.27. The number of nitrogens with zero attached hydrogens (tertiary/aromatic N) is 6. The van der Waals surface area contributed by atoms with Gasteiger partial charge in [0.25, 0.3) is 5.91 Å². The molecular formula is C14H14N8O3. The predicted molar refractivity (Wildman–Crippen MR) is 86.1 cm³/mol. The molecule has 2 heterocycles. The number of carbonyl (C=O) groups is 1. The number of hydrogen-bond acceptors (Lipinski definition) is 9. The smallest absolute Gasteiger partial charge is 0.293 e. The molecule has 0 aliphatic heterocycles. The fourth-order valence-electron chi connectivity index (χ4n) is 2.11. The first kappa shape index (κ1) is 16.1. The number of carbonyl (C=O) groups excluding carboxylic acids is 1. The van der Waals surface area contributed by atoms with Crippen molar-refractivity contribution in [2.75, 3.05) is 5.73 Å². The number of amides is 1. The van der Waals surface area contributed by atoms with Crippen molar-refractivity contribution in [2.24, 2.45) is 5.10 Å². The van der Waals surface area contributed by atoms with E-state index in [-0.39, 0.29) is 23.1 Å². The molecule has 0 aliphatic rings. The van der Waals surface area contributed by atoms with Crippen molar-refractivity contribution < 1.29 is 14.5 Å². The van der Waals surface area contributed by atoms with E-state index in [0.717, 1.165) is 0 Å². The maximum absolute atomic E-state index is 12.3. The minimum Gasteiger partial charge on any atom is -0.507 e. The van der Waals surface area contributed by atoms with Crippen LogP contribution in [0.25, 0.3) is 5.82 Å². The molecule has 25 heavy (non-hydrogen) atoms. The number of hydrazone groups is 1. The van der Waals surface area contributed by atoms with Crippen LogP contribution in [0.15, 0.2) is 34.0 Å². The molecule has 1 amide bonds. The lowest BCUT2D eigenvalue weighted by Crippen LogP contribution is -2.21. The molecule has 3 rings (SSSR count). The van der Waals surface area contributed by atoms with Crippen molar-refractivity contribution in [1.29, 1.82) is 0 Å². The summed E-state index contributed by atoms with van der Waals surface area (Å²) in [5, 5.41) is 28.4. The molecule has 1 aromatic carbocycles. The van der Waals surface area contributed by atoms with Crippen molar-refractivity contribution in [3.8, 4) is 11.6 Å². The van der Waals surface area contributed by atoms with E-state index in [0.29, 0.717) is 17.0 Å². The van der Waals surface area contributed by atoms with Crippen molar-refractivity contribution in [3.63, 3.8) is 0 Å². The minimum absolute atomic E-state index is 0.0216. The van der Waals surface area contributed by atoms with E-state index in [1.165, 1.54) is 10.7 Å². The Balaban J connectivity index is 1.81. The summed E-state index contributed by atoms with van der Waals surface area (Å²) in [7, 11) is 0. The monoisotopic (exact) mass is 342 g/mol. The van der Waals surface area contributed by atoms with Gasteiger partial charge in [0.15, 0.2) is 5.69 Å². The molecule has 0 saturated carbocycles. The molecular weight excluding hydrogens is 328 g/mol. The average molecular weight is 342 g/mol. The van der Waals surface area contributed by atoms with Gasteiger partial charge in [0.05, 0.1) is 11.4 Å². The van der Waals surface area contributed by atoms with Crippen LogP contribution in [0.2, 0.25) is 0 Å². The van der Waals surface area contributed by atoms with Crippen molar-refractivity contribution in [3.05, 3.63) is 41.2 Å². The summed E-state index contributed by atoms with van der Waals surface area (Å²) in [6.07, 6.45) is 0. The number of phenolic OH excluding ortho intramolecular Hbond substituents is 1. The Morgan fingerprint density at radius 2 is 2.12 bits per heavy atom. The van der Waals surface area contributed by atoms with Gasteiger partial charge in [-0.25, -0.2) is 10.1 Å². The van der Waals surface area contributed by atoms with Crippen molar-refractivity contribution in [2.45, 2.75) is 13.8 Å². The maximum Gasteiger partial charge on any atom is 0.293 e. The topological polar surface area (TPSA) is 157 Å². The number of nitrogens with two attached hydrogens (primary N) is 1. The maximum atomic E-state index is 12.3. The van der Waals surface area contributed by atoms with E-state index in [1.807, 2.05) is 0 Å². The van der Waals surface area contributed by atoms with Gasteiger partial charge < -0.3 is 10.8 Å². The van der Waals surface area contributed by atoms with Crippen LogP contribution >= 0.6 is 0 Å². The van der Waals surface area contributed by atoms with Crippen molar-refractivity contribution in [1.82, 2.24) is 30.7 Å². The number of anilines is 1. The Morgan fingerprint density at radius 3 is 2.80 bits per heavy atom. The molecule has 0 radical (unpaired) electrons. The van der Waals surface area contributed by atoms with Crippen molar-refractivity contribution >= 4 is 17.4 Å². The predicted octanol–water partition coefficient (Wildman–Crippen LogP) is 0.401. The van der Waals surface area contributed by atoms with Crippen LogP contribution in [0.5, 0.6) is 5.75 Å². The molecule has 0 unspecified atom stereocenters. The largest absolute Gasteiger partial charge is 0.507 e. The van der Waals surface area contributed by atoms with Gasteiger partial charge in [-0.15, -0.1) is 5.10 Å². The molecule has 128 valence electrons. The van der Waals surface area contributed by atoms with Gasteiger partial charge in [-0.05, 0) is 36.3 Å². The van der Waals surface area contributed by atoms with Crippen LogP contribution in [0.4, 0.5) is 5.82 Å². The normalized spacial score (nSPS) is 11.5. The number of phenols is 1. The summed E-state index contributed by atoms with van der Waals surface area (Å²) >= 11 is 0. The third-order valence-electron chi connectivity index (χ3n) is 3.42. The summed E-state index contributed by atoms with van der Waals surface area (Å²) in [5.74, 6) is -0.353. The van der Waals surface area contributed by atoms with E-state index < -0.39 is 5.91 Å². The van der Waals surface area contributed by atoms with E-state index >= 15 is 0 Å². The molecule has 11 heteroatoms. The van der Waals surface area contributed by atoms with Gasteiger partial charge in [0, 0.05) is 5.56 Å². The molecule has 0 saturated heterocycles. The summed E-state index contributed by atoms with van der Waals surface area (Å²) < 4.78 is 5.74. The van der Waals surface area contributed by atoms with Crippen LogP contribution in [-0.4, -0.2) is 42.0 Å². The van der Waals surface area contributed by atoms with E-state index in [1.54, 1.807) is 32.0 Å². The lowest BCUT2D eigenvalue weighted by Gasteiger charge is -2.04. The summed E-state index contributed by atoms with van der Waals surface area (Å²) in [6, 6.07) is 6.66. The second kappa shape index (κ2) is 6.39. The van der Waals surface area contributed by atoms with Gasteiger partial charge in [-0.3, -0.25) is 4.79 Å². The molecule has 11 nitrogen and oxygen atoms in total. The molecule has 3 aromatic rings. The lowest BCUT2D eigenvalue weighted by atomic mass is 10.1. The molecule has 2 aromatic heterocycles. The molecule has 0 spiro atoms. The average Bonchev–Trinajstić information content (AvgIpc) is 3.18. The second-order valence-electron chi connectivity index (χ2n) is 5.06. The lowest BCUT2D eigenvalue weighted by molar-refractivity contribution is 0.0949. The molecule has 0 bridgehead atoms. The Hall–Kier alpha value is -3.76. The van der Waals surface area contributed by atoms with E-state index in [9.17, 15) is 9.90 Å². The Morgan fingerprint density at radius 1 is 1.36 bits per heavy atom. The number of aromatic hydroxyl groups is 1. The Kier molecular flexibility index (Phi) is 4.12. The van der Waals surface area contributed by atoms with Gasteiger partial charge >= 0.3 is 0 Å². The third kappa shape index (κ3) is 3.02. The highest BCUT2D eigenvalue weighted by atomic mass is 16.6. The summed E-state index contributed by atoms with van der Waals surface area (Å²) in [5.41, 5.74) is 9.33. The SMILES string of the molecule is CC(=NNC(=O)c1nnn(-c2nonc2N)c1C)c1ccccc1O. The quantitative estimate of drug-likeness (QED) is 0.454. The number of nitrogens with one attached hydrogen (secondary N) is 1. The highest BCUT2D eigenvalue weighted by Gasteiger charge is 2.20. The first-order chi connectivity index (χ1) is 12.0. The zero-order chi connectivity index (χ0) is 18.0. The van der Waals surface area contributed by atoms with Gasteiger partial charge in [-0.2, -0.15) is 9.78 Å². The zero-order valence-electron chi connectivity index (χ0n) is 13.3. The van der Waals surface area contributed by atoms with Crippen LogP contribution in [0.3, 0.4) is 0 Å². The van der Waals surface area contributed by atoms with Crippen LogP contribution in [0, 0.1) is 6.92 Å². The minimum atomic E-state index is -0.575. The number of aromatic nitrogens is 5. The van der Waals surface area contributed by atoms with Crippen LogP contribution < -0.4 is 11.2 Å². The summed E-state index contributed by atoms with van der Waals surface area (Å²) in [4.78, 5) is 12.3. The number of para-hydroxylation sites is 1. The molecule has 0 atom stereocenters. The standard InChI is InChI=1S/C14H14N8O3/c1-7(9-5-3-4-6-10(9)23)16-18-14(24)11-8(2)22(21-17-11)13-12(15)19-25-20-13/h3-6,23H,1-2H3,(H2,15,19)(H,18,24). The Labute approximate surface area is 141 Å². The van der Waals surface area contributed by atoms with Crippen LogP contribution in [-0.2, 0) is 0 Å². The molecule has 0 fully saturated rings. The number of nitrogen functional groups attached to an aromatic ring is 1. The fraction of sp³-hybridized carbons (Fsp3) is 0.143. The van der Waals surface area contributed by atoms with E-state index in [2.05, 4.69) is 35.8 Å². The van der Waals surface area contributed by atoms with E-state index in [4.69, 9.17) is 5.73 Å². The van der Waals surface area contributed by atoms with Crippen LogP contribution in [0.1, 0.15) is 28.7 Å². The zero-order valence-corrected chi connectivity index (χ0v) is 13.3. The molecule has 4 N–H and O–H groups in total. The Bertz CT molecular complexity index is 959. The van der Waals surface area contributed by atoms with Gasteiger partial charge in [0.2, 0.25) is 11.6 Å². The highest BCUT2D eigenvalue weighted by Crippen LogP contribution is 2.17. The molecule has 0 aliphatic carbocycles. The number of benzene rings is 1. The number of hydrogen-bond donors (Lipinski definition) is 3. The van der Waals surface area contributed by atoms with Gasteiger partial charge in [0.1, 0.15) is 5.75 Å². The third-order valence-corrected chi connectivity index (χ3v) is 3.42. The number of rotatable bonds is 4. The van der Waals surface area contributed by atoms with Gasteiger partial charge in [-0.1, -0.05) is 17.3 Å². The highest BCUT2D eigenvalue weighted by molar-refractivity contribution is 6.02. The first-order valence-electron chi connectivity index (χ1n) is 7.12.